The summed E-state index contributed by atoms with van der Waals surface area (Å²) in [5.41, 5.74) is 18.2. The topological polar surface area (TPSA) is 115 Å². The molecule has 0 saturated heterocycles. The molecule has 0 aromatic heterocycles. The smallest absolute Gasteiger partial charge is 0.226 e. The van der Waals surface area contributed by atoms with Crippen molar-refractivity contribution in [3.63, 3.8) is 0 Å². The lowest BCUT2D eigenvalue weighted by Crippen LogP contribution is -2.53. The number of nitrogens with zero attached hydrogens (tertiary/aromatic N) is 3. The van der Waals surface area contributed by atoms with E-state index in [9.17, 15) is 0 Å². The summed E-state index contributed by atoms with van der Waals surface area (Å²) in [7, 11) is 0. The second-order valence-electron chi connectivity index (χ2n) is 5.05. The first kappa shape index (κ1) is 17.3. The molecule has 8 heteroatoms. The third kappa shape index (κ3) is 4.33. The molecule has 2 rings (SSSR count). The Morgan fingerprint density at radius 1 is 1.14 bits per heavy atom. The van der Waals surface area contributed by atoms with Crippen molar-refractivity contribution in [1.82, 2.24) is 5.06 Å². The van der Waals surface area contributed by atoms with Crippen molar-refractivity contribution in [3.8, 4) is 0 Å². The fourth-order valence-electron chi connectivity index (χ4n) is 1.96. The molecule has 7 nitrogen and oxygen atoms in total. The average molecular weight is 357 g/mol. The SMILES string of the molecule is Br.CC1(C)N=C(N)N=C(N)N1OCCc1ccc(N)cc1. The van der Waals surface area contributed by atoms with E-state index in [1.54, 1.807) is 0 Å². The summed E-state index contributed by atoms with van der Waals surface area (Å²) >= 11 is 0. The molecule has 0 spiro atoms. The minimum absolute atomic E-state index is 0. The van der Waals surface area contributed by atoms with Crippen molar-refractivity contribution < 1.29 is 4.84 Å². The van der Waals surface area contributed by atoms with Crippen LogP contribution in [0.2, 0.25) is 0 Å². The molecular formula is C13H21BrN6O. The van der Waals surface area contributed by atoms with Gasteiger partial charge < -0.3 is 17.2 Å². The van der Waals surface area contributed by atoms with Crippen LogP contribution in [0.1, 0.15) is 19.4 Å². The van der Waals surface area contributed by atoms with Crippen LogP contribution in [0.5, 0.6) is 0 Å². The first-order chi connectivity index (χ1) is 9.38. The Kier molecular flexibility index (Phi) is 5.56. The minimum atomic E-state index is -0.670. The maximum absolute atomic E-state index is 5.82. The molecule has 0 fully saturated rings. The van der Waals surface area contributed by atoms with E-state index >= 15 is 0 Å². The molecule has 0 aliphatic carbocycles. The standard InChI is InChI=1S/C13H20N6O.BrH/c1-13(2)18-11(15)17-12(16)19(13)20-8-7-9-3-5-10(14)6-4-9;/h3-6H,7-8,14H2,1-2H3,(H4,15,16,17,18);1H. The summed E-state index contributed by atoms with van der Waals surface area (Å²) < 4.78 is 0. The molecule has 0 radical (unpaired) electrons. The van der Waals surface area contributed by atoms with Gasteiger partial charge in [-0.3, -0.25) is 4.84 Å². The summed E-state index contributed by atoms with van der Waals surface area (Å²) in [6.07, 6.45) is 0.735. The molecule has 21 heavy (non-hydrogen) atoms. The average Bonchev–Trinajstić information content (AvgIpc) is 2.34. The Hall–Kier alpha value is -1.80. The van der Waals surface area contributed by atoms with Gasteiger partial charge in [-0.25, -0.2) is 4.99 Å². The quantitative estimate of drug-likeness (QED) is 0.696. The van der Waals surface area contributed by atoms with Gasteiger partial charge in [0, 0.05) is 5.69 Å². The molecule has 0 unspecified atom stereocenters. The Balaban J connectivity index is 0.00000220. The fourth-order valence-corrected chi connectivity index (χ4v) is 1.96. The van der Waals surface area contributed by atoms with E-state index in [4.69, 9.17) is 22.0 Å². The van der Waals surface area contributed by atoms with E-state index in [-0.39, 0.29) is 28.9 Å². The number of anilines is 1. The molecule has 1 aromatic carbocycles. The normalized spacial score (nSPS) is 16.8. The van der Waals surface area contributed by atoms with Crippen molar-refractivity contribution in [2.24, 2.45) is 21.5 Å². The van der Waals surface area contributed by atoms with Gasteiger partial charge in [0.2, 0.25) is 11.9 Å². The van der Waals surface area contributed by atoms with Crippen LogP contribution in [0.25, 0.3) is 0 Å². The van der Waals surface area contributed by atoms with Gasteiger partial charge in [0.25, 0.3) is 0 Å². The first-order valence-corrected chi connectivity index (χ1v) is 6.35. The molecule has 1 heterocycles. The van der Waals surface area contributed by atoms with Crippen LogP contribution in [-0.2, 0) is 11.3 Å². The lowest BCUT2D eigenvalue weighted by atomic mass is 10.1. The Bertz CT molecular complexity index is 540. The zero-order chi connectivity index (χ0) is 14.8. The van der Waals surface area contributed by atoms with Crippen molar-refractivity contribution in [1.29, 1.82) is 0 Å². The second kappa shape index (κ2) is 6.77. The summed E-state index contributed by atoms with van der Waals surface area (Å²) in [5, 5.41) is 1.47. The maximum Gasteiger partial charge on any atom is 0.226 e. The molecule has 1 aromatic rings. The number of rotatable bonds is 4. The Morgan fingerprint density at radius 3 is 2.33 bits per heavy atom. The number of aliphatic imine (C=N–C) groups is 2. The van der Waals surface area contributed by atoms with Crippen LogP contribution < -0.4 is 17.2 Å². The third-order valence-corrected chi connectivity index (χ3v) is 2.91. The van der Waals surface area contributed by atoms with E-state index in [1.807, 2.05) is 38.1 Å². The van der Waals surface area contributed by atoms with Crippen molar-refractivity contribution in [2.45, 2.75) is 25.9 Å². The highest BCUT2D eigenvalue weighted by Crippen LogP contribution is 2.20. The van der Waals surface area contributed by atoms with Gasteiger partial charge in [0.15, 0.2) is 5.66 Å². The minimum Gasteiger partial charge on any atom is -0.399 e. The van der Waals surface area contributed by atoms with Crippen LogP contribution in [0.4, 0.5) is 5.69 Å². The van der Waals surface area contributed by atoms with Gasteiger partial charge in [-0.05, 0) is 38.0 Å². The van der Waals surface area contributed by atoms with Crippen LogP contribution in [0, 0.1) is 0 Å². The predicted octanol–water partition coefficient (Wildman–Crippen LogP) is 1.00. The number of nitrogens with two attached hydrogens (primary N) is 3. The monoisotopic (exact) mass is 356 g/mol. The fraction of sp³-hybridized carbons (Fsp3) is 0.385. The number of hydrogen-bond acceptors (Lipinski definition) is 7. The van der Waals surface area contributed by atoms with E-state index in [2.05, 4.69) is 9.98 Å². The summed E-state index contributed by atoms with van der Waals surface area (Å²) in [6, 6.07) is 7.66. The highest BCUT2D eigenvalue weighted by atomic mass is 79.9. The van der Waals surface area contributed by atoms with Crippen molar-refractivity contribution in [3.05, 3.63) is 29.8 Å². The third-order valence-electron chi connectivity index (χ3n) is 2.91. The molecule has 0 bridgehead atoms. The van der Waals surface area contributed by atoms with Crippen molar-refractivity contribution in [2.75, 3.05) is 12.3 Å². The number of halogens is 1. The zero-order valence-electron chi connectivity index (χ0n) is 12.1. The zero-order valence-corrected chi connectivity index (χ0v) is 13.8. The highest BCUT2D eigenvalue weighted by molar-refractivity contribution is 8.93. The predicted molar refractivity (Wildman–Crippen MR) is 90.0 cm³/mol. The van der Waals surface area contributed by atoms with Gasteiger partial charge in [-0.1, -0.05) is 12.1 Å². The second-order valence-corrected chi connectivity index (χ2v) is 5.05. The van der Waals surface area contributed by atoms with E-state index < -0.39 is 5.66 Å². The van der Waals surface area contributed by atoms with Crippen LogP contribution in [-0.4, -0.2) is 29.3 Å². The molecule has 1 aliphatic rings. The lowest BCUT2D eigenvalue weighted by Gasteiger charge is -2.36. The highest BCUT2D eigenvalue weighted by Gasteiger charge is 2.32. The molecule has 0 atom stereocenters. The molecule has 0 saturated carbocycles. The van der Waals surface area contributed by atoms with Gasteiger partial charge >= 0.3 is 0 Å². The lowest BCUT2D eigenvalue weighted by molar-refractivity contribution is -0.156. The number of hydrogen-bond donors (Lipinski definition) is 3. The van der Waals surface area contributed by atoms with E-state index in [0.717, 1.165) is 17.7 Å². The van der Waals surface area contributed by atoms with Crippen LogP contribution >= 0.6 is 17.0 Å². The van der Waals surface area contributed by atoms with Crippen LogP contribution in [0.3, 0.4) is 0 Å². The molecule has 0 amide bonds. The van der Waals surface area contributed by atoms with Gasteiger partial charge in [0.1, 0.15) is 0 Å². The molecule has 1 aliphatic heterocycles. The molecule has 116 valence electrons. The van der Waals surface area contributed by atoms with Gasteiger partial charge in [-0.15, -0.1) is 17.0 Å². The summed E-state index contributed by atoms with van der Waals surface area (Å²) in [5.74, 6) is 0.366. The molecule has 6 N–H and O–H groups in total. The van der Waals surface area contributed by atoms with E-state index in [1.165, 1.54) is 5.06 Å². The van der Waals surface area contributed by atoms with Crippen molar-refractivity contribution >= 4 is 34.6 Å². The molecular weight excluding hydrogens is 336 g/mol. The number of nitrogen functional groups attached to an aromatic ring is 1. The largest absolute Gasteiger partial charge is 0.399 e. The van der Waals surface area contributed by atoms with Gasteiger partial charge in [0.05, 0.1) is 6.61 Å². The number of benzene rings is 1. The van der Waals surface area contributed by atoms with Gasteiger partial charge in [-0.2, -0.15) is 10.1 Å². The number of hydroxylamine groups is 2. The summed E-state index contributed by atoms with van der Waals surface area (Å²) in [4.78, 5) is 13.8. The Labute approximate surface area is 134 Å². The number of guanidine groups is 2. The first-order valence-electron chi connectivity index (χ1n) is 6.35. The Morgan fingerprint density at radius 2 is 1.76 bits per heavy atom. The summed E-state index contributed by atoms with van der Waals surface area (Å²) in [6.45, 7) is 4.16. The van der Waals surface area contributed by atoms with E-state index in [0.29, 0.717) is 6.61 Å². The maximum atomic E-state index is 5.82. The van der Waals surface area contributed by atoms with Crippen LogP contribution in [0.15, 0.2) is 34.3 Å².